The molecule has 3 aromatic rings. The maximum absolute atomic E-state index is 14.2. The van der Waals surface area contributed by atoms with Crippen molar-refractivity contribution in [1.29, 1.82) is 0 Å². The van der Waals surface area contributed by atoms with Crippen molar-refractivity contribution >= 4 is 21.0 Å². The number of alkyl halides is 14. The van der Waals surface area contributed by atoms with Gasteiger partial charge in [-0.2, -0.15) is 69.9 Å². The summed E-state index contributed by atoms with van der Waals surface area (Å²) in [5.41, 5.74) is -7.85. The van der Waals surface area contributed by atoms with E-state index < -0.39 is 107 Å². The van der Waals surface area contributed by atoms with E-state index in [-0.39, 0.29) is 20.4 Å². The van der Waals surface area contributed by atoms with Gasteiger partial charge in [-0.25, -0.2) is 0 Å². The number of hydrogen-bond acceptors (Lipinski definition) is 9. The van der Waals surface area contributed by atoms with E-state index in [9.17, 15) is 69.9 Å². The molecule has 0 aliphatic carbocycles. The molecule has 0 aliphatic rings. The summed E-state index contributed by atoms with van der Waals surface area (Å²) in [6.45, 7) is -5.01. The fourth-order valence-corrected chi connectivity index (χ4v) is 7.13. The standard InChI is InChI=1S/C33H30F14O10S2/c1-27(31(39,40)41,55-18-51-2)16-54-24-6-4-5-7-25(24)58(23-14-10-21(11-15-23)57-26(29(34,35)36)30(37,38)59(48,49)50)22-12-8-20(9-13-22)53-17-28(32(42,43)44,33(45,46)47)56-19-52-3/h4-15,26H,16-19H2,1-3H3/p+1. The van der Waals surface area contributed by atoms with Gasteiger partial charge in [-0.15, -0.1) is 0 Å². The molecule has 59 heavy (non-hydrogen) atoms. The molecule has 3 unspecified atom stereocenters. The Hall–Kier alpha value is -3.82. The third-order valence-corrected chi connectivity index (χ3v) is 10.9. The summed E-state index contributed by atoms with van der Waals surface area (Å²) in [6, 6.07) is 12.4. The fraction of sp³-hybridized carbons (Fsp3) is 0.455. The van der Waals surface area contributed by atoms with Gasteiger partial charge in [-0.1, -0.05) is 12.1 Å². The zero-order valence-corrected chi connectivity index (χ0v) is 31.7. The van der Waals surface area contributed by atoms with Gasteiger partial charge in [0, 0.05) is 14.2 Å². The molecule has 0 bridgehead atoms. The molecule has 3 aromatic carbocycles. The first-order valence-electron chi connectivity index (χ1n) is 15.8. The van der Waals surface area contributed by atoms with Crippen LogP contribution in [-0.2, 0) is 40.0 Å². The summed E-state index contributed by atoms with van der Waals surface area (Å²) in [5, 5.41) is -5.90. The molecule has 3 atom stereocenters. The van der Waals surface area contributed by atoms with Crippen LogP contribution in [0.1, 0.15) is 6.92 Å². The van der Waals surface area contributed by atoms with Crippen LogP contribution in [0, 0.1) is 0 Å². The molecule has 10 nitrogen and oxygen atoms in total. The highest BCUT2D eigenvalue weighted by atomic mass is 32.2. The Kier molecular flexibility index (Phi) is 15.5. The van der Waals surface area contributed by atoms with Crippen LogP contribution in [0.4, 0.5) is 61.5 Å². The van der Waals surface area contributed by atoms with Crippen LogP contribution in [0.2, 0.25) is 0 Å². The van der Waals surface area contributed by atoms with Gasteiger partial charge in [0.1, 0.15) is 49.2 Å². The van der Waals surface area contributed by atoms with Gasteiger partial charge < -0.3 is 33.2 Å². The molecular formula is C33H31F14O10S2+. The lowest BCUT2D eigenvalue weighted by Gasteiger charge is -2.36. The summed E-state index contributed by atoms with van der Waals surface area (Å²) in [4.78, 5) is 0.0386. The summed E-state index contributed by atoms with van der Waals surface area (Å²) >= 11 is 0. The highest BCUT2D eigenvalue weighted by Gasteiger charge is 2.73. The SMILES string of the molecule is COCOC(C)(COc1ccccc1[S+](c1ccc(OCC(OCOC)(C(F)(F)F)C(F)(F)F)cc1)c1ccc(OC(C(F)(F)F)C(F)(F)S(=O)(=O)O)cc1)C(F)(F)F. The summed E-state index contributed by atoms with van der Waals surface area (Å²) < 4.78 is 257. The van der Waals surface area contributed by atoms with Crippen LogP contribution in [0.3, 0.4) is 0 Å². The van der Waals surface area contributed by atoms with Gasteiger partial charge >= 0.3 is 40.1 Å². The molecule has 0 fully saturated rings. The number of para-hydroxylation sites is 1. The second-order valence-electron chi connectivity index (χ2n) is 12.0. The van der Waals surface area contributed by atoms with Crippen LogP contribution in [-0.4, -0.2) is 101 Å². The monoisotopic (exact) mass is 917 g/mol. The Bertz CT molecular complexity index is 1910. The number of halogens is 14. The van der Waals surface area contributed by atoms with Crippen molar-refractivity contribution in [2.24, 2.45) is 0 Å². The average Bonchev–Trinajstić information content (AvgIpc) is 3.11. The number of rotatable bonds is 19. The van der Waals surface area contributed by atoms with Gasteiger partial charge in [0.2, 0.25) is 4.90 Å². The van der Waals surface area contributed by atoms with Crippen LogP contribution < -0.4 is 14.2 Å². The van der Waals surface area contributed by atoms with Crippen LogP contribution in [0.5, 0.6) is 17.2 Å². The maximum atomic E-state index is 14.2. The van der Waals surface area contributed by atoms with E-state index in [0.29, 0.717) is 19.1 Å². The summed E-state index contributed by atoms with van der Waals surface area (Å²) in [6.07, 6.45) is -27.7. The Morgan fingerprint density at radius 1 is 0.627 bits per heavy atom. The van der Waals surface area contributed by atoms with Crippen molar-refractivity contribution in [3.63, 3.8) is 0 Å². The van der Waals surface area contributed by atoms with E-state index in [1.54, 1.807) is 0 Å². The first-order chi connectivity index (χ1) is 27.0. The van der Waals surface area contributed by atoms with Crippen molar-refractivity contribution in [3.8, 4) is 17.2 Å². The molecule has 0 heterocycles. The Morgan fingerprint density at radius 3 is 1.54 bits per heavy atom. The van der Waals surface area contributed by atoms with Crippen LogP contribution in [0.15, 0.2) is 87.5 Å². The minimum Gasteiger partial charge on any atom is -0.490 e. The van der Waals surface area contributed by atoms with Gasteiger partial charge in [-0.05, 0) is 67.6 Å². The van der Waals surface area contributed by atoms with Crippen molar-refractivity contribution < 1.29 is 108 Å². The normalized spacial score (nSPS) is 15.6. The lowest BCUT2D eigenvalue weighted by atomic mass is 10.0. The van der Waals surface area contributed by atoms with E-state index >= 15 is 0 Å². The Labute approximate surface area is 328 Å². The highest BCUT2D eigenvalue weighted by molar-refractivity contribution is 7.97. The van der Waals surface area contributed by atoms with E-state index in [1.165, 1.54) is 24.3 Å². The highest BCUT2D eigenvalue weighted by Crippen LogP contribution is 2.47. The van der Waals surface area contributed by atoms with Crippen molar-refractivity contribution in [2.75, 3.05) is 41.0 Å². The summed E-state index contributed by atoms with van der Waals surface area (Å²) in [7, 11) is -6.57. The summed E-state index contributed by atoms with van der Waals surface area (Å²) in [5.74, 6) is -1.91. The molecule has 0 saturated carbocycles. The minimum absolute atomic E-state index is 0.00157. The molecule has 0 amide bonds. The molecule has 3 rings (SSSR count). The molecule has 332 valence electrons. The van der Waals surface area contributed by atoms with E-state index in [4.69, 9.17) is 18.8 Å². The van der Waals surface area contributed by atoms with Gasteiger partial charge in [0.05, 0.1) is 0 Å². The number of hydrogen-bond donors (Lipinski definition) is 1. The average molecular weight is 918 g/mol. The first-order valence-corrected chi connectivity index (χ1v) is 18.5. The van der Waals surface area contributed by atoms with Gasteiger partial charge in [0.25, 0.3) is 11.7 Å². The van der Waals surface area contributed by atoms with Gasteiger partial charge in [-0.3, -0.25) is 4.55 Å². The topological polar surface area (TPSA) is 119 Å². The molecular weight excluding hydrogens is 886 g/mol. The quantitative estimate of drug-likeness (QED) is 0.0542. The molecule has 0 radical (unpaired) electrons. The van der Waals surface area contributed by atoms with Crippen molar-refractivity contribution in [1.82, 2.24) is 0 Å². The predicted molar refractivity (Wildman–Crippen MR) is 175 cm³/mol. The Balaban J connectivity index is 2.14. The second kappa shape index (κ2) is 18.4. The lowest BCUT2D eigenvalue weighted by molar-refractivity contribution is -0.397. The zero-order chi connectivity index (χ0) is 44.9. The smallest absolute Gasteiger partial charge is 0.432 e. The number of methoxy groups -OCH3 is 2. The predicted octanol–water partition coefficient (Wildman–Crippen LogP) is 8.76. The van der Waals surface area contributed by atoms with Crippen LogP contribution >= 0.6 is 0 Å². The van der Waals surface area contributed by atoms with Gasteiger partial charge in [0.15, 0.2) is 21.1 Å². The molecule has 1 N–H and O–H groups in total. The molecule has 0 aromatic heterocycles. The zero-order valence-electron chi connectivity index (χ0n) is 30.1. The minimum atomic E-state index is -6.68. The number of ether oxygens (including phenoxy) is 7. The third-order valence-electron chi connectivity index (χ3n) is 7.77. The third kappa shape index (κ3) is 11.5. The second-order valence-corrected chi connectivity index (χ2v) is 15.5. The van der Waals surface area contributed by atoms with E-state index in [1.807, 2.05) is 0 Å². The maximum Gasteiger partial charge on any atom is 0.432 e. The molecule has 0 spiro atoms. The molecule has 0 aliphatic heterocycles. The Morgan fingerprint density at radius 2 is 1.10 bits per heavy atom. The van der Waals surface area contributed by atoms with E-state index in [0.717, 1.165) is 50.6 Å². The first kappa shape index (κ1) is 49.5. The molecule has 26 heteroatoms. The largest absolute Gasteiger partial charge is 0.490 e. The van der Waals surface area contributed by atoms with Crippen LogP contribution in [0.25, 0.3) is 0 Å². The molecule has 0 saturated heterocycles. The van der Waals surface area contributed by atoms with E-state index in [2.05, 4.69) is 18.9 Å². The van der Waals surface area contributed by atoms with Crippen molar-refractivity contribution in [3.05, 3.63) is 72.8 Å². The number of benzene rings is 3. The van der Waals surface area contributed by atoms with Crippen molar-refractivity contribution in [2.45, 2.75) is 68.9 Å². The lowest BCUT2D eigenvalue weighted by Crippen LogP contribution is -2.62. The fourth-order valence-electron chi connectivity index (χ4n) is 4.54.